The summed E-state index contributed by atoms with van der Waals surface area (Å²) >= 11 is 12.1. The number of nitrogens with one attached hydrogen (secondary N) is 1. The Bertz CT molecular complexity index is 1190. The molecule has 2 aromatic carbocycles. The van der Waals surface area contributed by atoms with Gasteiger partial charge in [0.1, 0.15) is 11.5 Å². The van der Waals surface area contributed by atoms with E-state index in [1.807, 2.05) is 0 Å². The van der Waals surface area contributed by atoms with Gasteiger partial charge in [-0.25, -0.2) is 19.0 Å². The van der Waals surface area contributed by atoms with Crippen molar-refractivity contribution in [2.24, 2.45) is 5.14 Å². The van der Waals surface area contributed by atoms with E-state index in [-0.39, 0.29) is 17.7 Å². The normalized spacial score (nSPS) is 11.5. The van der Waals surface area contributed by atoms with Crippen LogP contribution in [0.4, 0.5) is 0 Å². The van der Waals surface area contributed by atoms with Crippen LogP contribution in [-0.4, -0.2) is 24.7 Å². The SMILES string of the molecule is NS(=O)(=O)c1ccccc1-c1c(-c2ccc(Cl)c(Cl)c2)noc1CCCC(=O)NO. The molecule has 8 nitrogen and oxygen atoms in total. The highest BCUT2D eigenvalue weighted by Gasteiger charge is 2.25. The monoisotopic (exact) mass is 469 g/mol. The van der Waals surface area contributed by atoms with Crippen molar-refractivity contribution in [3.63, 3.8) is 0 Å². The van der Waals surface area contributed by atoms with E-state index in [0.29, 0.717) is 44.6 Å². The molecule has 0 aliphatic carbocycles. The molecule has 0 aliphatic heterocycles. The van der Waals surface area contributed by atoms with Crippen LogP contribution in [0.25, 0.3) is 22.4 Å². The third-order valence-corrected chi connectivity index (χ3v) is 6.06. The summed E-state index contributed by atoms with van der Waals surface area (Å²) in [6.07, 6.45) is 0.624. The van der Waals surface area contributed by atoms with Crippen LogP contribution >= 0.6 is 23.2 Å². The fourth-order valence-electron chi connectivity index (χ4n) is 3.00. The number of carbonyl (C=O) groups excluding carboxylic acids is 1. The van der Waals surface area contributed by atoms with Gasteiger partial charge in [-0.1, -0.05) is 52.6 Å². The van der Waals surface area contributed by atoms with Crippen LogP contribution in [-0.2, 0) is 21.2 Å². The van der Waals surface area contributed by atoms with Gasteiger partial charge in [0, 0.05) is 24.0 Å². The first-order valence-corrected chi connectivity index (χ1v) is 11.0. The third-order valence-electron chi connectivity index (χ3n) is 4.35. The molecule has 4 N–H and O–H groups in total. The van der Waals surface area contributed by atoms with Crippen molar-refractivity contribution in [3.05, 3.63) is 58.3 Å². The quantitative estimate of drug-likeness (QED) is 0.355. The van der Waals surface area contributed by atoms with E-state index < -0.39 is 15.9 Å². The number of benzene rings is 2. The second-order valence-corrected chi connectivity index (χ2v) is 8.73. The van der Waals surface area contributed by atoms with Crippen molar-refractivity contribution < 1.29 is 22.9 Å². The molecule has 3 aromatic rings. The van der Waals surface area contributed by atoms with Gasteiger partial charge in [-0.2, -0.15) is 0 Å². The van der Waals surface area contributed by atoms with Gasteiger partial charge in [0.25, 0.3) is 0 Å². The highest BCUT2D eigenvalue weighted by molar-refractivity contribution is 7.89. The molecule has 0 spiro atoms. The Morgan fingerprint density at radius 3 is 2.57 bits per heavy atom. The Morgan fingerprint density at radius 1 is 1.17 bits per heavy atom. The van der Waals surface area contributed by atoms with Crippen LogP contribution < -0.4 is 10.6 Å². The lowest BCUT2D eigenvalue weighted by Gasteiger charge is -2.10. The summed E-state index contributed by atoms with van der Waals surface area (Å²) in [5.41, 5.74) is 3.20. The molecule has 1 heterocycles. The number of halogens is 2. The predicted octanol–water partition coefficient (Wildman–Crippen LogP) is 3.79. The van der Waals surface area contributed by atoms with E-state index in [0.717, 1.165) is 0 Å². The van der Waals surface area contributed by atoms with Gasteiger partial charge in [0.05, 0.1) is 20.5 Å². The lowest BCUT2D eigenvalue weighted by atomic mass is 9.97. The van der Waals surface area contributed by atoms with Crippen LogP contribution in [0.1, 0.15) is 18.6 Å². The Morgan fingerprint density at radius 2 is 1.90 bits per heavy atom. The lowest BCUT2D eigenvalue weighted by molar-refractivity contribution is -0.129. The Kier molecular flexibility index (Phi) is 6.79. The second-order valence-electron chi connectivity index (χ2n) is 6.39. The Hall–Kier alpha value is -2.43. The summed E-state index contributed by atoms with van der Waals surface area (Å²) in [6, 6.07) is 11.1. The van der Waals surface area contributed by atoms with Crippen LogP contribution in [0.2, 0.25) is 10.0 Å². The molecule has 1 amide bonds. The smallest absolute Gasteiger partial charge is 0.243 e. The van der Waals surface area contributed by atoms with Crippen LogP contribution in [0.5, 0.6) is 0 Å². The summed E-state index contributed by atoms with van der Waals surface area (Å²) in [6.45, 7) is 0. The molecular weight excluding hydrogens is 453 g/mol. The fourth-order valence-corrected chi connectivity index (χ4v) is 4.04. The van der Waals surface area contributed by atoms with Gasteiger partial charge < -0.3 is 4.52 Å². The topological polar surface area (TPSA) is 136 Å². The third kappa shape index (κ3) is 4.82. The van der Waals surface area contributed by atoms with Crippen molar-refractivity contribution in [2.45, 2.75) is 24.2 Å². The van der Waals surface area contributed by atoms with E-state index in [4.69, 9.17) is 38.1 Å². The molecule has 0 atom stereocenters. The second kappa shape index (κ2) is 9.15. The van der Waals surface area contributed by atoms with Crippen LogP contribution in [0.3, 0.4) is 0 Å². The maximum Gasteiger partial charge on any atom is 0.243 e. The molecule has 0 fully saturated rings. The average molecular weight is 470 g/mol. The number of hydrogen-bond acceptors (Lipinski definition) is 6. The van der Waals surface area contributed by atoms with E-state index in [2.05, 4.69) is 5.16 Å². The number of nitrogens with zero attached hydrogens (tertiary/aromatic N) is 1. The fraction of sp³-hybridized carbons (Fsp3) is 0.158. The number of rotatable bonds is 7. The van der Waals surface area contributed by atoms with Crippen molar-refractivity contribution in [2.75, 3.05) is 0 Å². The number of hydroxylamine groups is 1. The van der Waals surface area contributed by atoms with Gasteiger partial charge in [-0.15, -0.1) is 0 Å². The highest BCUT2D eigenvalue weighted by atomic mass is 35.5. The first kappa shape index (κ1) is 22.3. The zero-order valence-electron chi connectivity index (χ0n) is 15.4. The molecular formula is C19H17Cl2N3O5S. The zero-order chi connectivity index (χ0) is 21.9. The van der Waals surface area contributed by atoms with E-state index >= 15 is 0 Å². The molecule has 1 aromatic heterocycles. The van der Waals surface area contributed by atoms with Gasteiger partial charge in [0.2, 0.25) is 15.9 Å². The highest BCUT2D eigenvalue weighted by Crippen LogP contribution is 2.39. The number of primary sulfonamides is 1. The maximum atomic E-state index is 12.2. The number of sulfonamides is 1. The molecule has 158 valence electrons. The molecule has 0 bridgehead atoms. The average Bonchev–Trinajstić information content (AvgIpc) is 3.13. The van der Waals surface area contributed by atoms with Crippen LogP contribution in [0, 0.1) is 0 Å². The van der Waals surface area contributed by atoms with E-state index in [9.17, 15) is 13.2 Å². The zero-order valence-corrected chi connectivity index (χ0v) is 17.8. The maximum absolute atomic E-state index is 12.2. The molecule has 30 heavy (non-hydrogen) atoms. The summed E-state index contributed by atoms with van der Waals surface area (Å²) in [5, 5.41) is 18.8. The molecule has 11 heteroatoms. The van der Waals surface area contributed by atoms with Crippen molar-refractivity contribution >= 4 is 39.1 Å². The summed E-state index contributed by atoms with van der Waals surface area (Å²) in [7, 11) is -4.04. The molecule has 0 aliphatic rings. The number of carbonyl (C=O) groups is 1. The number of amides is 1. The minimum atomic E-state index is -4.04. The Balaban J connectivity index is 2.16. The van der Waals surface area contributed by atoms with Crippen molar-refractivity contribution in [1.29, 1.82) is 0 Å². The summed E-state index contributed by atoms with van der Waals surface area (Å²) in [4.78, 5) is 11.2. The molecule has 3 rings (SSSR count). The van der Waals surface area contributed by atoms with Gasteiger partial charge >= 0.3 is 0 Å². The Labute approximate surface area is 182 Å². The standard InChI is InChI=1S/C19H17Cl2N3O5S/c20-13-9-8-11(10-14(13)21)19-18(12-4-1-2-6-16(12)30(22,27)28)15(29-24-19)5-3-7-17(25)23-26/h1-2,4,6,8-10,26H,3,5,7H2,(H,23,25)(H2,22,27,28). The molecule has 0 saturated carbocycles. The summed E-state index contributed by atoms with van der Waals surface area (Å²) in [5.74, 6) is -0.191. The minimum Gasteiger partial charge on any atom is -0.360 e. The minimum absolute atomic E-state index is 0.0373. The molecule has 0 radical (unpaired) electrons. The van der Waals surface area contributed by atoms with E-state index in [1.165, 1.54) is 6.07 Å². The first-order chi connectivity index (χ1) is 14.2. The predicted molar refractivity (Wildman–Crippen MR) is 112 cm³/mol. The van der Waals surface area contributed by atoms with Gasteiger partial charge in [0.15, 0.2) is 0 Å². The largest absolute Gasteiger partial charge is 0.360 e. The molecule has 0 unspecified atom stereocenters. The van der Waals surface area contributed by atoms with Gasteiger partial charge in [-0.3, -0.25) is 10.0 Å². The van der Waals surface area contributed by atoms with E-state index in [1.54, 1.807) is 41.9 Å². The number of aromatic nitrogens is 1. The van der Waals surface area contributed by atoms with Crippen molar-refractivity contribution in [1.82, 2.24) is 10.6 Å². The number of hydrogen-bond donors (Lipinski definition) is 3. The number of nitrogens with two attached hydrogens (primary N) is 1. The number of aryl methyl sites for hydroxylation is 1. The lowest BCUT2D eigenvalue weighted by Crippen LogP contribution is -2.18. The van der Waals surface area contributed by atoms with Gasteiger partial charge in [-0.05, 0) is 24.6 Å². The molecule has 0 saturated heterocycles. The summed E-state index contributed by atoms with van der Waals surface area (Å²) < 4.78 is 29.8. The van der Waals surface area contributed by atoms with Crippen LogP contribution in [0.15, 0.2) is 51.9 Å². The van der Waals surface area contributed by atoms with Crippen molar-refractivity contribution in [3.8, 4) is 22.4 Å². The first-order valence-electron chi connectivity index (χ1n) is 8.71.